The highest BCUT2D eigenvalue weighted by molar-refractivity contribution is 4.53. The van der Waals surface area contributed by atoms with Crippen LogP contribution in [0.15, 0.2) is 0 Å². The molecule has 0 saturated carbocycles. The predicted octanol–water partition coefficient (Wildman–Crippen LogP) is 11.9. The van der Waals surface area contributed by atoms with Crippen LogP contribution in [0.1, 0.15) is 188 Å². The quantitative estimate of drug-likeness (QED) is 0.0716. The first-order valence-electron chi connectivity index (χ1n) is 16.9. The van der Waals surface area contributed by atoms with Crippen LogP contribution in [0.5, 0.6) is 0 Å². The Morgan fingerprint density at radius 1 is 0.371 bits per heavy atom. The van der Waals surface area contributed by atoms with Gasteiger partial charge in [-0.3, -0.25) is 0 Å². The lowest BCUT2D eigenvalue weighted by Crippen LogP contribution is -2.46. The van der Waals surface area contributed by atoms with Crippen molar-refractivity contribution in [1.82, 2.24) is 0 Å². The van der Waals surface area contributed by atoms with Gasteiger partial charge < -0.3 is 4.48 Å². The minimum atomic E-state index is 0.844. The van der Waals surface area contributed by atoms with E-state index in [0.29, 0.717) is 0 Å². The zero-order valence-corrected chi connectivity index (χ0v) is 25.8. The van der Waals surface area contributed by atoms with Gasteiger partial charge in [-0.25, -0.2) is 0 Å². The molecule has 0 aromatic rings. The maximum atomic E-state index is 2.57. The fourth-order valence-electron chi connectivity index (χ4n) is 5.57. The number of hydrogen-bond donors (Lipinski definition) is 0. The van der Waals surface area contributed by atoms with Crippen molar-refractivity contribution in [2.75, 3.05) is 26.7 Å². The van der Waals surface area contributed by atoms with Crippen molar-refractivity contribution in [2.45, 2.75) is 188 Å². The minimum absolute atomic E-state index is 0.844. The van der Waals surface area contributed by atoms with Gasteiger partial charge in [0.15, 0.2) is 0 Å². The molecule has 0 bridgehead atoms. The fourth-order valence-corrected chi connectivity index (χ4v) is 5.57. The molecule has 212 valence electrons. The molecule has 0 amide bonds. The van der Waals surface area contributed by atoms with Gasteiger partial charge in [0, 0.05) is 0 Å². The molecule has 0 fully saturated rings. The Morgan fingerprint density at radius 2 is 0.629 bits per heavy atom. The number of rotatable bonds is 29. The summed E-state index contributed by atoms with van der Waals surface area (Å²) in [6.45, 7) is 13.7. The highest BCUT2D eigenvalue weighted by Gasteiger charge is 2.20. The van der Waals surface area contributed by atoms with Gasteiger partial charge in [0.25, 0.3) is 0 Å². The molecular weight excluding hydrogens is 422 g/mol. The summed E-state index contributed by atoms with van der Waals surface area (Å²) in [5, 5.41) is 0. The molecule has 0 aliphatic carbocycles. The molecule has 0 aromatic heterocycles. The summed E-state index contributed by atoms with van der Waals surface area (Å²) in [4.78, 5) is 0. The molecule has 0 unspecified atom stereocenters. The van der Waals surface area contributed by atoms with Crippen LogP contribution in [0, 0.1) is 5.92 Å². The fraction of sp³-hybridized carbons (Fsp3) is 1.00. The first-order valence-corrected chi connectivity index (χ1v) is 16.9. The van der Waals surface area contributed by atoms with Crippen molar-refractivity contribution in [3.63, 3.8) is 0 Å². The Balaban J connectivity index is 3.78. The lowest BCUT2D eigenvalue weighted by molar-refractivity contribution is -0.910. The number of unbranched alkanes of at least 4 members (excludes halogenated alkanes) is 22. The number of hydrogen-bond acceptors (Lipinski definition) is 0. The molecule has 0 aromatic carbocycles. The van der Waals surface area contributed by atoms with Crippen LogP contribution in [0.3, 0.4) is 0 Å². The molecule has 1 heteroatoms. The highest BCUT2D eigenvalue weighted by atomic mass is 15.3. The van der Waals surface area contributed by atoms with Crippen LogP contribution in [0.4, 0.5) is 0 Å². The van der Waals surface area contributed by atoms with Crippen LogP contribution in [0.2, 0.25) is 0 Å². The SMILES string of the molecule is CCCCCCCCCCCCCC[N+](C)(CCCCCCCCCCCCCC)CCC(C)C. The van der Waals surface area contributed by atoms with Gasteiger partial charge in [-0.1, -0.05) is 156 Å². The predicted molar refractivity (Wildman–Crippen MR) is 162 cm³/mol. The summed E-state index contributed by atoms with van der Waals surface area (Å²) in [6, 6.07) is 0. The van der Waals surface area contributed by atoms with E-state index < -0.39 is 0 Å². The summed E-state index contributed by atoms with van der Waals surface area (Å²) >= 11 is 0. The van der Waals surface area contributed by atoms with Crippen LogP contribution >= 0.6 is 0 Å². The topological polar surface area (TPSA) is 0 Å². The van der Waals surface area contributed by atoms with Crippen molar-refractivity contribution in [3.8, 4) is 0 Å². The molecule has 0 aliphatic heterocycles. The molecule has 0 spiro atoms. The molecule has 0 rings (SSSR count). The van der Waals surface area contributed by atoms with Gasteiger partial charge in [0.05, 0.1) is 26.7 Å². The zero-order chi connectivity index (χ0) is 25.9. The average Bonchev–Trinajstić information content (AvgIpc) is 2.84. The van der Waals surface area contributed by atoms with E-state index in [1.54, 1.807) is 0 Å². The maximum Gasteiger partial charge on any atom is 0.0787 e. The lowest BCUT2D eigenvalue weighted by atomic mass is 10.0. The smallest absolute Gasteiger partial charge is 0.0787 e. The van der Waals surface area contributed by atoms with Gasteiger partial charge in [0.2, 0.25) is 0 Å². The summed E-state index contributed by atoms with van der Waals surface area (Å²) in [6.07, 6.45) is 36.4. The van der Waals surface area contributed by atoms with E-state index in [9.17, 15) is 0 Å². The molecule has 1 nitrogen and oxygen atoms in total. The molecule has 0 atom stereocenters. The largest absolute Gasteiger partial charge is 0.326 e. The number of quaternary nitrogens is 1. The van der Waals surface area contributed by atoms with Crippen molar-refractivity contribution < 1.29 is 4.48 Å². The summed E-state index contributed by atoms with van der Waals surface area (Å²) < 4.78 is 1.34. The summed E-state index contributed by atoms with van der Waals surface area (Å²) in [5.41, 5.74) is 0. The van der Waals surface area contributed by atoms with E-state index in [-0.39, 0.29) is 0 Å². The second-order valence-electron chi connectivity index (χ2n) is 12.8. The standard InChI is InChI=1S/C34H72N/c1-6-8-10-12-14-16-18-20-22-24-26-28-31-35(5,33-30-34(3)4)32-29-27-25-23-21-19-17-15-13-11-9-7-2/h34H,6-33H2,1-5H3/q+1. The van der Waals surface area contributed by atoms with E-state index in [1.807, 2.05) is 0 Å². The average molecular weight is 495 g/mol. The Labute approximate surface area is 225 Å². The van der Waals surface area contributed by atoms with E-state index in [0.717, 1.165) is 5.92 Å². The molecule has 0 heterocycles. The van der Waals surface area contributed by atoms with Gasteiger partial charge in [-0.05, 0) is 38.0 Å². The van der Waals surface area contributed by atoms with Crippen molar-refractivity contribution in [3.05, 3.63) is 0 Å². The molecule has 0 saturated heterocycles. The normalized spacial score (nSPS) is 12.2. The van der Waals surface area contributed by atoms with Crippen molar-refractivity contribution in [2.24, 2.45) is 5.92 Å². The third-order valence-electron chi connectivity index (χ3n) is 8.35. The lowest BCUT2D eigenvalue weighted by Gasteiger charge is -2.35. The molecule has 0 radical (unpaired) electrons. The summed E-state index contributed by atoms with van der Waals surface area (Å²) in [5.74, 6) is 0.844. The maximum absolute atomic E-state index is 2.57. The van der Waals surface area contributed by atoms with Crippen LogP contribution in [-0.4, -0.2) is 31.2 Å². The van der Waals surface area contributed by atoms with E-state index >= 15 is 0 Å². The second kappa shape index (κ2) is 27.0. The Kier molecular flexibility index (Phi) is 27.0. The van der Waals surface area contributed by atoms with Gasteiger partial charge in [0.1, 0.15) is 0 Å². The first-order chi connectivity index (χ1) is 17.0. The molecule has 0 N–H and O–H groups in total. The molecule has 0 aliphatic rings. The third kappa shape index (κ3) is 26.8. The van der Waals surface area contributed by atoms with Crippen LogP contribution in [-0.2, 0) is 0 Å². The Morgan fingerprint density at radius 3 is 0.886 bits per heavy atom. The van der Waals surface area contributed by atoms with Gasteiger partial charge >= 0.3 is 0 Å². The Hall–Kier alpha value is -0.0400. The molecular formula is C34H72N+. The van der Waals surface area contributed by atoms with Crippen LogP contribution in [0.25, 0.3) is 0 Å². The zero-order valence-electron chi connectivity index (χ0n) is 25.8. The van der Waals surface area contributed by atoms with E-state index in [1.165, 1.54) is 185 Å². The van der Waals surface area contributed by atoms with Crippen LogP contribution < -0.4 is 0 Å². The molecule has 35 heavy (non-hydrogen) atoms. The van der Waals surface area contributed by atoms with Crippen molar-refractivity contribution >= 4 is 0 Å². The second-order valence-corrected chi connectivity index (χ2v) is 12.8. The van der Waals surface area contributed by atoms with E-state index in [4.69, 9.17) is 0 Å². The highest BCUT2D eigenvalue weighted by Crippen LogP contribution is 2.17. The van der Waals surface area contributed by atoms with Gasteiger partial charge in [-0.15, -0.1) is 0 Å². The minimum Gasteiger partial charge on any atom is -0.326 e. The third-order valence-corrected chi connectivity index (χ3v) is 8.35. The number of nitrogens with zero attached hydrogens (tertiary/aromatic N) is 1. The Bertz CT molecular complexity index is 360. The van der Waals surface area contributed by atoms with E-state index in [2.05, 4.69) is 34.7 Å². The first kappa shape index (κ1) is 35.0. The van der Waals surface area contributed by atoms with Gasteiger partial charge in [-0.2, -0.15) is 0 Å². The summed E-state index contributed by atoms with van der Waals surface area (Å²) in [7, 11) is 2.57. The monoisotopic (exact) mass is 495 g/mol. The van der Waals surface area contributed by atoms with Crippen molar-refractivity contribution in [1.29, 1.82) is 0 Å².